The number of ether oxygens (including phenoxy) is 1. The van der Waals surface area contributed by atoms with E-state index in [-0.39, 0.29) is 42.1 Å². The van der Waals surface area contributed by atoms with Crippen LogP contribution in [0.25, 0.3) is 6.08 Å². The highest BCUT2D eigenvalue weighted by Gasteiger charge is 2.25. The predicted octanol–water partition coefficient (Wildman–Crippen LogP) is 4.03. The number of aromatic nitrogens is 2. The molecule has 0 aliphatic rings. The molecular formula is C31H49IN2O3. The van der Waals surface area contributed by atoms with Gasteiger partial charge in [-0.2, -0.15) is 0 Å². The first kappa shape index (κ1) is 33.4. The van der Waals surface area contributed by atoms with Crippen LogP contribution < -0.4 is 28.5 Å². The number of rotatable bonds is 20. The van der Waals surface area contributed by atoms with E-state index in [1.54, 1.807) is 0 Å². The monoisotopic (exact) mass is 624 g/mol. The van der Waals surface area contributed by atoms with Gasteiger partial charge in [-0.15, -0.1) is 0 Å². The van der Waals surface area contributed by atoms with Crippen molar-refractivity contribution in [1.82, 2.24) is 4.57 Å². The van der Waals surface area contributed by atoms with Crippen LogP contribution in [0.2, 0.25) is 0 Å². The number of carbonyl (C=O) groups is 1. The molecule has 0 fully saturated rings. The molecule has 2 rings (SSSR count). The van der Waals surface area contributed by atoms with Gasteiger partial charge in [-0.05, 0) is 36.8 Å². The second-order valence-electron chi connectivity index (χ2n) is 10.1. The summed E-state index contributed by atoms with van der Waals surface area (Å²) in [5.74, 6) is -0.124. The third-order valence-electron chi connectivity index (χ3n) is 7.08. The summed E-state index contributed by atoms with van der Waals surface area (Å²) in [4.78, 5) is 11.2. The van der Waals surface area contributed by atoms with Crippen LogP contribution in [-0.4, -0.2) is 28.9 Å². The summed E-state index contributed by atoms with van der Waals surface area (Å²) in [7, 11) is 1.44. The Bertz CT molecular complexity index is 866. The first-order valence-electron chi connectivity index (χ1n) is 14.1. The molecule has 208 valence electrons. The molecular weight excluding hydrogens is 575 g/mol. The van der Waals surface area contributed by atoms with Gasteiger partial charge in [0.05, 0.1) is 13.2 Å². The van der Waals surface area contributed by atoms with Crippen LogP contribution in [0.1, 0.15) is 114 Å². The Kier molecular flexibility index (Phi) is 18.3. The number of unbranched alkanes of at least 4 members (excludes halogenated alkanes) is 9. The standard InChI is InChI=1S/C31H49N2O3.HI/c1-4-6-7-8-10-13-16-29(30(34)17-14-11-9-12-15-18-31(35)36-3)33-24-23-32(26-33)25-28-21-19-27(5-2)20-22-28;/h5,19-24,26,29-30,34H,2,4,6-18,25H2,1,3H3;1H/q+1;/p-1. The Morgan fingerprint density at radius 2 is 1.62 bits per heavy atom. The first-order valence-corrected chi connectivity index (χ1v) is 14.1. The van der Waals surface area contributed by atoms with E-state index in [1.165, 1.54) is 44.8 Å². The van der Waals surface area contributed by atoms with Gasteiger partial charge >= 0.3 is 5.97 Å². The van der Waals surface area contributed by atoms with Crippen molar-refractivity contribution in [3.8, 4) is 0 Å². The molecule has 2 atom stereocenters. The van der Waals surface area contributed by atoms with Crippen LogP contribution in [0.5, 0.6) is 0 Å². The van der Waals surface area contributed by atoms with E-state index >= 15 is 0 Å². The third kappa shape index (κ3) is 13.6. The minimum atomic E-state index is -0.344. The van der Waals surface area contributed by atoms with Crippen molar-refractivity contribution < 1.29 is 43.2 Å². The normalized spacial score (nSPS) is 12.5. The fourth-order valence-electron chi connectivity index (χ4n) is 4.79. The van der Waals surface area contributed by atoms with Gasteiger partial charge in [0, 0.05) is 6.42 Å². The van der Waals surface area contributed by atoms with Gasteiger partial charge in [-0.1, -0.05) is 102 Å². The van der Waals surface area contributed by atoms with E-state index in [9.17, 15) is 9.90 Å². The third-order valence-corrected chi connectivity index (χ3v) is 7.08. The van der Waals surface area contributed by atoms with Gasteiger partial charge in [-0.25, -0.2) is 9.13 Å². The van der Waals surface area contributed by atoms with Gasteiger partial charge in [0.1, 0.15) is 25.0 Å². The van der Waals surface area contributed by atoms with E-state index in [2.05, 4.69) is 65.6 Å². The number of imidazole rings is 1. The lowest BCUT2D eigenvalue weighted by Gasteiger charge is -2.20. The van der Waals surface area contributed by atoms with E-state index in [0.29, 0.717) is 6.42 Å². The molecule has 2 unspecified atom stereocenters. The molecule has 0 saturated carbocycles. The fourth-order valence-corrected chi connectivity index (χ4v) is 4.79. The van der Waals surface area contributed by atoms with E-state index < -0.39 is 0 Å². The van der Waals surface area contributed by atoms with Gasteiger partial charge in [-0.3, -0.25) is 4.79 Å². The number of aliphatic hydroxyl groups excluding tert-OH is 1. The summed E-state index contributed by atoms with van der Waals surface area (Å²) >= 11 is 0. The molecule has 1 aromatic carbocycles. The molecule has 0 amide bonds. The molecule has 1 aromatic heterocycles. The number of hydrogen-bond acceptors (Lipinski definition) is 3. The summed E-state index contributed by atoms with van der Waals surface area (Å²) in [6, 6.07) is 8.60. The number of carbonyl (C=O) groups excluding carboxylic acids is 1. The zero-order chi connectivity index (χ0) is 26.0. The van der Waals surface area contributed by atoms with Gasteiger partial charge < -0.3 is 33.8 Å². The van der Waals surface area contributed by atoms with Gasteiger partial charge in [0.25, 0.3) is 0 Å². The molecule has 1 N–H and O–H groups in total. The lowest BCUT2D eigenvalue weighted by molar-refractivity contribution is -0.688. The second kappa shape index (κ2) is 20.3. The topological polar surface area (TPSA) is 55.3 Å². The first-order chi connectivity index (χ1) is 17.6. The molecule has 6 heteroatoms. The molecule has 0 saturated heterocycles. The maximum atomic E-state index is 11.2. The lowest BCUT2D eigenvalue weighted by atomic mass is 9.97. The number of methoxy groups -OCH3 is 1. The average molecular weight is 625 g/mol. The Hall–Kier alpha value is -1.67. The minimum absolute atomic E-state index is 0. The lowest BCUT2D eigenvalue weighted by Crippen LogP contribution is -3.00. The molecule has 0 radical (unpaired) electrons. The molecule has 37 heavy (non-hydrogen) atoms. The van der Waals surface area contributed by atoms with Crippen molar-refractivity contribution in [2.75, 3.05) is 7.11 Å². The number of esters is 1. The number of benzene rings is 1. The maximum absolute atomic E-state index is 11.2. The molecule has 2 aromatic rings. The van der Waals surface area contributed by atoms with Gasteiger partial charge in [0.15, 0.2) is 0 Å². The van der Waals surface area contributed by atoms with Crippen molar-refractivity contribution >= 4 is 12.0 Å². The van der Waals surface area contributed by atoms with Crippen LogP contribution in [0, 0.1) is 0 Å². The highest BCUT2D eigenvalue weighted by atomic mass is 127. The highest BCUT2D eigenvalue weighted by molar-refractivity contribution is 5.68. The van der Waals surface area contributed by atoms with Crippen LogP contribution in [0.3, 0.4) is 0 Å². The minimum Gasteiger partial charge on any atom is -1.00 e. The molecule has 0 aliphatic heterocycles. The Labute approximate surface area is 242 Å². The van der Waals surface area contributed by atoms with E-state index in [4.69, 9.17) is 4.74 Å². The quantitative estimate of drug-likeness (QED) is 0.105. The predicted molar refractivity (Wildman–Crippen MR) is 148 cm³/mol. The van der Waals surface area contributed by atoms with Crippen molar-refractivity contribution in [1.29, 1.82) is 0 Å². The second-order valence-corrected chi connectivity index (χ2v) is 10.1. The summed E-state index contributed by atoms with van der Waals surface area (Å²) in [5, 5.41) is 11.2. The summed E-state index contributed by atoms with van der Waals surface area (Å²) in [6.45, 7) is 6.89. The zero-order valence-electron chi connectivity index (χ0n) is 23.1. The Morgan fingerprint density at radius 1 is 1.00 bits per heavy atom. The highest BCUT2D eigenvalue weighted by Crippen LogP contribution is 2.24. The van der Waals surface area contributed by atoms with E-state index in [1.807, 2.05) is 6.08 Å². The SMILES string of the molecule is C=Cc1ccc(C[n+]2ccn(C(CCCCCCCC)C(O)CCCCCCCC(=O)OC)c2)cc1.[I-]. The fraction of sp³-hybridized carbons (Fsp3) is 0.613. The largest absolute Gasteiger partial charge is 1.00 e. The summed E-state index contributed by atoms with van der Waals surface area (Å²) < 4.78 is 9.13. The summed E-state index contributed by atoms with van der Waals surface area (Å²) in [6.07, 6.45) is 22.9. The van der Waals surface area contributed by atoms with Crippen LogP contribution in [0.4, 0.5) is 0 Å². The maximum Gasteiger partial charge on any atom is 0.305 e. The van der Waals surface area contributed by atoms with Gasteiger partial charge in [0.2, 0.25) is 6.33 Å². The molecule has 0 spiro atoms. The number of nitrogens with zero attached hydrogens (tertiary/aromatic N) is 2. The number of halogens is 1. The number of hydrogen-bond donors (Lipinski definition) is 1. The van der Waals surface area contributed by atoms with Crippen molar-refractivity contribution in [2.45, 2.75) is 116 Å². The molecule has 0 bridgehead atoms. The Morgan fingerprint density at radius 3 is 2.27 bits per heavy atom. The number of aliphatic hydroxyl groups is 1. The van der Waals surface area contributed by atoms with Crippen LogP contribution in [-0.2, 0) is 16.1 Å². The zero-order valence-corrected chi connectivity index (χ0v) is 25.3. The molecule has 0 aliphatic carbocycles. The van der Waals surface area contributed by atoms with Crippen molar-refractivity contribution in [3.63, 3.8) is 0 Å². The van der Waals surface area contributed by atoms with Crippen molar-refractivity contribution in [3.05, 3.63) is 60.7 Å². The molecule has 1 heterocycles. The van der Waals surface area contributed by atoms with E-state index in [0.717, 1.165) is 63.5 Å². The molecule has 5 nitrogen and oxygen atoms in total. The average Bonchev–Trinajstić information content (AvgIpc) is 3.35. The Balaban J connectivity index is 0.00000684. The summed E-state index contributed by atoms with van der Waals surface area (Å²) in [5.41, 5.74) is 2.38. The van der Waals surface area contributed by atoms with Crippen molar-refractivity contribution in [2.24, 2.45) is 0 Å². The van der Waals surface area contributed by atoms with Crippen LogP contribution >= 0.6 is 0 Å². The smallest absolute Gasteiger partial charge is 0.305 e. The van der Waals surface area contributed by atoms with Crippen LogP contribution in [0.15, 0.2) is 49.6 Å².